The van der Waals surface area contributed by atoms with Crippen molar-refractivity contribution in [1.29, 1.82) is 0 Å². The lowest BCUT2D eigenvalue weighted by atomic mass is 10.1. The Bertz CT molecular complexity index is 962. The third kappa shape index (κ3) is 2.58. The van der Waals surface area contributed by atoms with Crippen LogP contribution in [0, 0.1) is 6.92 Å². The number of β-amino-alcohol motifs (C(OH)–C–C–N with tert-alkyl or cyclic N) is 1. The minimum absolute atomic E-state index is 0.256. The van der Waals surface area contributed by atoms with Crippen LogP contribution in [-0.2, 0) is 6.54 Å². The highest BCUT2D eigenvalue weighted by Gasteiger charge is 2.22. The highest BCUT2D eigenvalue weighted by molar-refractivity contribution is 9.10. The van der Waals surface area contributed by atoms with Gasteiger partial charge < -0.3 is 14.5 Å². The number of aromatic nitrogens is 2. The van der Waals surface area contributed by atoms with E-state index < -0.39 is 0 Å². The molecule has 0 radical (unpaired) electrons. The standard InChI is InChI=1S/C16H16BrN3O3/c1-8-4-9(17)5-11-13-15(23-14(8)11)16(22)19-12(18-13)7-20-3-2-10(21)6-20/h4-5,10,21H,2-3,6-7H2,1H3,(H,18,19,22)/t10-/m0/s1. The Hall–Kier alpha value is -1.70. The summed E-state index contributed by atoms with van der Waals surface area (Å²) in [6.45, 7) is 3.87. The quantitative estimate of drug-likeness (QED) is 0.715. The minimum atomic E-state index is -0.293. The Morgan fingerprint density at radius 1 is 1.48 bits per heavy atom. The molecule has 2 N–H and O–H groups in total. The van der Waals surface area contributed by atoms with Gasteiger partial charge in [0.15, 0.2) is 0 Å². The van der Waals surface area contributed by atoms with Crippen molar-refractivity contribution in [2.75, 3.05) is 13.1 Å². The van der Waals surface area contributed by atoms with Crippen LogP contribution in [0.15, 0.2) is 25.8 Å². The second-order valence-corrected chi connectivity index (χ2v) is 6.99. The summed E-state index contributed by atoms with van der Waals surface area (Å²) in [6, 6.07) is 3.87. The topological polar surface area (TPSA) is 82.4 Å². The Morgan fingerprint density at radius 2 is 2.30 bits per heavy atom. The van der Waals surface area contributed by atoms with Crippen molar-refractivity contribution in [2.24, 2.45) is 0 Å². The van der Waals surface area contributed by atoms with Gasteiger partial charge in [-0.15, -0.1) is 0 Å². The normalized spacial score (nSPS) is 19.2. The number of aromatic amines is 1. The molecule has 7 heteroatoms. The highest BCUT2D eigenvalue weighted by Crippen LogP contribution is 2.30. The molecule has 2 aromatic heterocycles. The SMILES string of the molecule is Cc1cc(Br)cc2c1oc1c(=O)[nH]c(CN3CC[C@H](O)C3)nc12. The van der Waals surface area contributed by atoms with E-state index in [1.807, 2.05) is 19.1 Å². The predicted octanol–water partition coefficient (Wildman–Crippen LogP) is 2.31. The van der Waals surface area contributed by atoms with Crippen LogP contribution in [0.1, 0.15) is 17.8 Å². The molecule has 3 aromatic rings. The number of rotatable bonds is 2. The van der Waals surface area contributed by atoms with Crippen LogP contribution in [0.4, 0.5) is 0 Å². The number of hydrogen-bond acceptors (Lipinski definition) is 5. The molecule has 0 amide bonds. The zero-order valence-corrected chi connectivity index (χ0v) is 14.2. The monoisotopic (exact) mass is 377 g/mol. The van der Waals surface area contributed by atoms with Crippen LogP contribution in [0.2, 0.25) is 0 Å². The maximum Gasteiger partial charge on any atom is 0.294 e. The molecule has 1 aromatic carbocycles. The van der Waals surface area contributed by atoms with Crippen molar-refractivity contribution in [3.05, 3.63) is 38.3 Å². The van der Waals surface area contributed by atoms with E-state index in [-0.39, 0.29) is 17.2 Å². The van der Waals surface area contributed by atoms with Gasteiger partial charge in [-0.2, -0.15) is 0 Å². The van der Waals surface area contributed by atoms with E-state index in [1.165, 1.54) is 0 Å². The second-order valence-electron chi connectivity index (χ2n) is 6.07. The van der Waals surface area contributed by atoms with E-state index in [2.05, 4.69) is 30.8 Å². The summed E-state index contributed by atoms with van der Waals surface area (Å²) < 4.78 is 6.66. The van der Waals surface area contributed by atoms with E-state index in [4.69, 9.17) is 4.42 Å². The molecule has 4 rings (SSSR count). The Balaban J connectivity index is 1.85. The molecule has 0 saturated carbocycles. The third-order valence-electron chi connectivity index (χ3n) is 4.25. The fourth-order valence-electron chi connectivity index (χ4n) is 3.17. The van der Waals surface area contributed by atoms with Gasteiger partial charge in [0.25, 0.3) is 5.56 Å². The molecule has 0 aliphatic carbocycles. The number of aliphatic hydroxyl groups excluding tert-OH is 1. The molecule has 1 atom stereocenters. The number of furan rings is 1. The maximum absolute atomic E-state index is 12.3. The van der Waals surface area contributed by atoms with Gasteiger partial charge in [0.05, 0.1) is 12.6 Å². The Morgan fingerprint density at radius 3 is 3.04 bits per heavy atom. The van der Waals surface area contributed by atoms with E-state index >= 15 is 0 Å². The summed E-state index contributed by atoms with van der Waals surface area (Å²) in [4.78, 5) is 21.8. The van der Waals surface area contributed by atoms with Gasteiger partial charge >= 0.3 is 0 Å². The van der Waals surface area contributed by atoms with E-state index in [0.29, 0.717) is 30.0 Å². The molecule has 0 bridgehead atoms. The smallest absolute Gasteiger partial charge is 0.294 e. The molecule has 0 spiro atoms. The van der Waals surface area contributed by atoms with Crippen LogP contribution in [0.25, 0.3) is 22.1 Å². The third-order valence-corrected chi connectivity index (χ3v) is 4.70. The largest absolute Gasteiger partial charge is 0.448 e. The number of likely N-dealkylation sites (tertiary alicyclic amines) is 1. The number of aryl methyl sites for hydroxylation is 1. The van der Waals surface area contributed by atoms with Crippen LogP contribution >= 0.6 is 15.9 Å². The number of H-pyrrole nitrogens is 1. The molecule has 1 saturated heterocycles. The van der Waals surface area contributed by atoms with Gasteiger partial charge in [-0.3, -0.25) is 9.69 Å². The second kappa shape index (κ2) is 5.43. The van der Waals surface area contributed by atoms with Gasteiger partial charge in [0.2, 0.25) is 5.58 Å². The van der Waals surface area contributed by atoms with Crippen molar-refractivity contribution < 1.29 is 9.52 Å². The fraction of sp³-hybridized carbons (Fsp3) is 0.375. The number of nitrogens with zero attached hydrogens (tertiary/aromatic N) is 2. The van der Waals surface area contributed by atoms with E-state index in [9.17, 15) is 9.90 Å². The molecule has 1 fully saturated rings. The molecule has 0 unspecified atom stereocenters. The van der Waals surface area contributed by atoms with Gasteiger partial charge in [0, 0.05) is 22.9 Å². The minimum Gasteiger partial charge on any atom is -0.448 e. The first-order chi connectivity index (χ1) is 11.0. The first-order valence-electron chi connectivity index (χ1n) is 7.53. The molecular formula is C16H16BrN3O3. The summed E-state index contributed by atoms with van der Waals surface area (Å²) in [7, 11) is 0. The summed E-state index contributed by atoms with van der Waals surface area (Å²) >= 11 is 3.48. The number of hydrogen-bond donors (Lipinski definition) is 2. The molecule has 3 heterocycles. The summed E-state index contributed by atoms with van der Waals surface area (Å²) in [6.07, 6.45) is 0.464. The van der Waals surface area contributed by atoms with E-state index in [1.54, 1.807) is 0 Å². The highest BCUT2D eigenvalue weighted by atomic mass is 79.9. The fourth-order valence-corrected chi connectivity index (χ4v) is 3.74. The number of halogens is 1. The van der Waals surface area contributed by atoms with Gasteiger partial charge in [-0.1, -0.05) is 15.9 Å². The lowest BCUT2D eigenvalue weighted by Crippen LogP contribution is -2.24. The van der Waals surface area contributed by atoms with Crippen molar-refractivity contribution in [2.45, 2.75) is 26.0 Å². The zero-order chi connectivity index (χ0) is 16.1. The first kappa shape index (κ1) is 14.9. The van der Waals surface area contributed by atoms with Gasteiger partial charge in [-0.25, -0.2) is 4.98 Å². The Labute approximate surface area is 140 Å². The number of benzene rings is 1. The predicted molar refractivity (Wildman–Crippen MR) is 90.5 cm³/mol. The van der Waals surface area contributed by atoms with Crippen molar-refractivity contribution in [3.8, 4) is 0 Å². The zero-order valence-electron chi connectivity index (χ0n) is 12.6. The number of fused-ring (bicyclic) bond motifs is 3. The molecule has 120 valence electrons. The maximum atomic E-state index is 12.3. The summed E-state index contributed by atoms with van der Waals surface area (Å²) in [5.74, 6) is 0.594. The summed E-state index contributed by atoms with van der Waals surface area (Å²) in [5.41, 5.74) is 2.22. The van der Waals surface area contributed by atoms with Crippen LogP contribution in [-0.4, -0.2) is 39.2 Å². The first-order valence-corrected chi connectivity index (χ1v) is 8.32. The lowest BCUT2D eigenvalue weighted by Gasteiger charge is -2.13. The van der Waals surface area contributed by atoms with Crippen molar-refractivity contribution in [1.82, 2.24) is 14.9 Å². The average molecular weight is 378 g/mol. The van der Waals surface area contributed by atoms with Crippen LogP contribution in [0.5, 0.6) is 0 Å². The molecule has 1 aliphatic rings. The average Bonchev–Trinajstić information content (AvgIpc) is 3.04. The summed E-state index contributed by atoms with van der Waals surface area (Å²) in [5, 5.41) is 10.5. The molecule has 23 heavy (non-hydrogen) atoms. The lowest BCUT2D eigenvalue weighted by molar-refractivity contribution is 0.174. The number of aliphatic hydroxyl groups is 1. The van der Waals surface area contributed by atoms with E-state index in [0.717, 1.165) is 28.4 Å². The molecule has 6 nitrogen and oxygen atoms in total. The molecule has 1 aliphatic heterocycles. The Kier molecular flexibility index (Phi) is 3.51. The van der Waals surface area contributed by atoms with Crippen molar-refractivity contribution >= 4 is 38.0 Å². The van der Waals surface area contributed by atoms with Crippen molar-refractivity contribution in [3.63, 3.8) is 0 Å². The number of nitrogens with one attached hydrogen (secondary N) is 1. The van der Waals surface area contributed by atoms with Gasteiger partial charge in [0.1, 0.15) is 16.9 Å². The van der Waals surface area contributed by atoms with Crippen LogP contribution < -0.4 is 5.56 Å². The van der Waals surface area contributed by atoms with Crippen LogP contribution in [0.3, 0.4) is 0 Å². The van der Waals surface area contributed by atoms with Gasteiger partial charge in [-0.05, 0) is 31.0 Å². The molecular weight excluding hydrogens is 362 g/mol.